The van der Waals surface area contributed by atoms with E-state index in [1.165, 1.54) is 0 Å². The SMILES string of the molecule is O=C(NC1CC1)c1ccc(C(=O)N2CCN(c3cccc(Cl)c3)CC2)cc1. The monoisotopic (exact) mass is 383 g/mol. The zero-order chi connectivity index (χ0) is 18.8. The molecule has 1 N–H and O–H groups in total. The van der Waals surface area contributed by atoms with E-state index < -0.39 is 0 Å². The smallest absolute Gasteiger partial charge is 0.253 e. The van der Waals surface area contributed by atoms with Gasteiger partial charge in [-0.25, -0.2) is 0 Å². The molecule has 0 spiro atoms. The molecule has 1 heterocycles. The van der Waals surface area contributed by atoms with Gasteiger partial charge in [0.05, 0.1) is 0 Å². The molecule has 1 aliphatic heterocycles. The number of carbonyl (C=O) groups is 2. The molecular weight excluding hydrogens is 362 g/mol. The molecule has 0 bridgehead atoms. The lowest BCUT2D eigenvalue weighted by Gasteiger charge is -2.36. The van der Waals surface area contributed by atoms with Crippen LogP contribution >= 0.6 is 11.6 Å². The molecule has 1 aliphatic carbocycles. The molecule has 2 aliphatic rings. The number of anilines is 1. The maximum Gasteiger partial charge on any atom is 0.253 e. The third-order valence-electron chi connectivity index (χ3n) is 5.05. The van der Waals surface area contributed by atoms with Crippen LogP contribution in [0, 0.1) is 0 Å². The van der Waals surface area contributed by atoms with Gasteiger partial charge in [-0.2, -0.15) is 0 Å². The molecule has 5 nitrogen and oxygen atoms in total. The maximum absolute atomic E-state index is 12.8. The van der Waals surface area contributed by atoms with Gasteiger partial charge in [-0.1, -0.05) is 17.7 Å². The summed E-state index contributed by atoms with van der Waals surface area (Å²) in [4.78, 5) is 28.9. The first kappa shape index (κ1) is 17.9. The van der Waals surface area contributed by atoms with Gasteiger partial charge in [0.25, 0.3) is 11.8 Å². The van der Waals surface area contributed by atoms with E-state index in [1.54, 1.807) is 24.3 Å². The van der Waals surface area contributed by atoms with Gasteiger partial charge in [0.1, 0.15) is 0 Å². The van der Waals surface area contributed by atoms with Crippen LogP contribution in [0.1, 0.15) is 33.6 Å². The van der Waals surface area contributed by atoms with Crippen LogP contribution in [0.4, 0.5) is 5.69 Å². The summed E-state index contributed by atoms with van der Waals surface area (Å²) in [6.45, 7) is 2.87. The molecule has 0 radical (unpaired) electrons. The van der Waals surface area contributed by atoms with Crippen LogP contribution in [-0.2, 0) is 0 Å². The molecule has 1 saturated carbocycles. The Bertz CT molecular complexity index is 841. The lowest BCUT2D eigenvalue weighted by Crippen LogP contribution is -2.48. The van der Waals surface area contributed by atoms with Gasteiger partial charge in [0, 0.05) is 54.1 Å². The van der Waals surface area contributed by atoms with Gasteiger partial charge in [-0.05, 0) is 55.3 Å². The Morgan fingerprint density at radius 1 is 0.926 bits per heavy atom. The summed E-state index contributed by atoms with van der Waals surface area (Å²) in [5.74, 6) is -0.0541. The van der Waals surface area contributed by atoms with Crippen LogP contribution in [0.2, 0.25) is 5.02 Å². The van der Waals surface area contributed by atoms with Crippen molar-refractivity contribution < 1.29 is 9.59 Å². The summed E-state index contributed by atoms with van der Waals surface area (Å²) >= 11 is 6.07. The molecule has 140 valence electrons. The minimum Gasteiger partial charge on any atom is -0.368 e. The van der Waals surface area contributed by atoms with Crippen molar-refractivity contribution in [1.82, 2.24) is 10.2 Å². The van der Waals surface area contributed by atoms with Crippen molar-refractivity contribution in [3.63, 3.8) is 0 Å². The quantitative estimate of drug-likeness (QED) is 0.882. The predicted molar refractivity (Wildman–Crippen MR) is 106 cm³/mol. The fraction of sp³-hybridized carbons (Fsp3) is 0.333. The van der Waals surface area contributed by atoms with Gasteiger partial charge in [0.15, 0.2) is 0 Å². The van der Waals surface area contributed by atoms with E-state index in [2.05, 4.69) is 10.2 Å². The van der Waals surface area contributed by atoms with Gasteiger partial charge < -0.3 is 15.1 Å². The summed E-state index contributed by atoms with van der Waals surface area (Å²) in [5, 5.41) is 3.68. The van der Waals surface area contributed by atoms with Crippen molar-refractivity contribution in [3.8, 4) is 0 Å². The molecule has 27 heavy (non-hydrogen) atoms. The second kappa shape index (κ2) is 7.61. The van der Waals surface area contributed by atoms with Crippen LogP contribution in [0.25, 0.3) is 0 Å². The topological polar surface area (TPSA) is 52.7 Å². The van der Waals surface area contributed by atoms with Crippen molar-refractivity contribution in [2.75, 3.05) is 31.1 Å². The van der Waals surface area contributed by atoms with Gasteiger partial charge in [-0.15, -0.1) is 0 Å². The van der Waals surface area contributed by atoms with Crippen molar-refractivity contribution in [2.24, 2.45) is 0 Å². The van der Waals surface area contributed by atoms with Crippen molar-refractivity contribution in [3.05, 3.63) is 64.7 Å². The fourth-order valence-electron chi connectivity index (χ4n) is 3.28. The van der Waals surface area contributed by atoms with Gasteiger partial charge >= 0.3 is 0 Å². The lowest BCUT2D eigenvalue weighted by molar-refractivity contribution is 0.0746. The van der Waals surface area contributed by atoms with Gasteiger partial charge in [-0.3, -0.25) is 9.59 Å². The number of nitrogens with zero attached hydrogens (tertiary/aromatic N) is 2. The molecule has 2 aromatic rings. The number of halogens is 1. The van der Waals surface area contributed by atoms with E-state index in [4.69, 9.17) is 11.6 Å². The zero-order valence-corrected chi connectivity index (χ0v) is 15.8. The fourth-order valence-corrected chi connectivity index (χ4v) is 3.47. The van der Waals surface area contributed by atoms with Crippen LogP contribution < -0.4 is 10.2 Å². The second-order valence-electron chi connectivity index (χ2n) is 7.08. The van der Waals surface area contributed by atoms with Crippen LogP contribution in [0.3, 0.4) is 0 Å². The summed E-state index contributed by atoms with van der Waals surface area (Å²) < 4.78 is 0. The van der Waals surface area contributed by atoms with Crippen LogP contribution in [0.5, 0.6) is 0 Å². The minimum atomic E-state index is -0.0633. The van der Waals surface area contributed by atoms with Gasteiger partial charge in [0.2, 0.25) is 0 Å². The normalized spacial score (nSPS) is 16.9. The average molecular weight is 384 g/mol. The Kier molecular flexibility index (Phi) is 5.03. The summed E-state index contributed by atoms with van der Waals surface area (Å²) in [7, 11) is 0. The highest BCUT2D eigenvalue weighted by molar-refractivity contribution is 6.30. The Morgan fingerprint density at radius 2 is 1.59 bits per heavy atom. The zero-order valence-electron chi connectivity index (χ0n) is 15.0. The first-order valence-corrected chi connectivity index (χ1v) is 9.69. The van der Waals surface area contributed by atoms with E-state index in [0.29, 0.717) is 30.3 Å². The van der Waals surface area contributed by atoms with Crippen LogP contribution in [0.15, 0.2) is 48.5 Å². The molecule has 0 unspecified atom stereocenters. The summed E-state index contributed by atoms with van der Waals surface area (Å²) in [6.07, 6.45) is 2.12. The highest BCUT2D eigenvalue weighted by atomic mass is 35.5. The number of rotatable bonds is 4. The Labute approximate surface area is 163 Å². The first-order valence-electron chi connectivity index (χ1n) is 9.31. The average Bonchev–Trinajstić information content (AvgIpc) is 3.52. The lowest BCUT2D eigenvalue weighted by atomic mass is 10.1. The molecular formula is C21H22ClN3O2. The number of carbonyl (C=O) groups excluding carboxylic acids is 2. The number of hydrogen-bond acceptors (Lipinski definition) is 3. The number of amides is 2. The molecule has 2 fully saturated rings. The minimum absolute atomic E-state index is 0.00916. The standard InChI is InChI=1S/C21H22ClN3O2/c22-17-2-1-3-19(14-17)24-10-12-25(13-11-24)21(27)16-6-4-15(5-7-16)20(26)23-18-8-9-18/h1-7,14,18H,8-13H2,(H,23,26). The number of nitrogens with one attached hydrogen (secondary N) is 1. The van der Waals surface area contributed by atoms with E-state index in [9.17, 15) is 9.59 Å². The molecule has 0 aromatic heterocycles. The van der Waals surface area contributed by atoms with E-state index in [1.807, 2.05) is 29.2 Å². The third kappa shape index (κ3) is 4.25. The van der Waals surface area contributed by atoms with E-state index in [0.717, 1.165) is 36.6 Å². The maximum atomic E-state index is 12.8. The Balaban J connectivity index is 1.35. The highest BCUT2D eigenvalue weighted by Crippen LogP contribution is 2.22. The number of benzene rings is 2. The number of piperazine rings is 1. The first-order chi connectivity index (χ1) is 13.1. The van der Waals surface area contributed by atoms with Crippen molar-refractivity contribution >= 4 is 29.1 Å². The van der Waals surface area contributed by atoms with E-state index in [-0.39, 0.29) is 11.8 Å². The molecule has 2 aromatic carbocycles. The summed E-state index contributed by atoms with van der Waals surface area (Å²) in [5.41, 5.74) is 2.30. The second-order valence-corrected chi connectivity index (χ2v) is 7.52. The Morgan fingerprint density at radius 3 is 2.22 bits per heavy atom. The predicted octanol–water partition coefficient (Wildman–Crippen LogP) is 3.19. The third-order valence-corrected chi connectivity index (χ3v) is 5.28. The van der Waals surface area contributed by atoms with Crippen molar-refractivity contribution in [1.29, 1.82) is 0 Å². The highest BCUT2D eigenvalue weighted by Gasteiger charge is 2.25. The molecule has 2 amide bonds. The molecule has 4 rings (SSSR count). The summed E-state index contributed by atoms with van der Waals surface area (Å²) in [6, 6.07) is 15.1. The van der Waals surface area contributed by atoms with Crippen molar-refractivity contribution in [2.45, 2.75) is 18.9 Å². The molecule has 0 atom stereocenters. The molecule has 1 saturated heterocycles. The van der Waals surface area contributed by atoms with Crippen LogP contribution in [-0.4, -0.2) is 48.9 Å². The Hall–Kier alpha value is -2.53. The number of hydrogen-bond donors (Lipinski definition) is 1. The molecule has 6 heteroatoms. The largest absolute Gasteiger partial charge is 0.368 e. The van der Waals surface area contributed by atoms with E-state index >= 15 is 0 Å².